The molecule has 1 unspecified atom stereocenters. The minimum Gasteiger partial charge on any atom is -0.493 e. The molecule has 9 nitrogen and oxygen atoms in total. The summed E-state index contributed by atoms with van der Waals surface area (Å²) < 4.78 is 59.8. The van der Waals surface area contributed by atoms with Crippen molar-refractivity contribution in [3.05, 3.63) is 47.8 Å². The third-order valence-corrected chi connectivity index (χ3v) is 5.13. The van der Waals surface area contributed by atoms with Crippen molar-refractivity contribution >= 4 is 17.8 Å². The number of aromatic nitrogens is 1. The van der Waals surface area contributed by atoms with Crippen molar-refractivity contribution < 1.29 is 46.5 Å². The normalized spacial score (nSPS) is 13.8. The summed E-state index contributed by atoms with van der Waals surface area (Å²) in [5.41, 5.74) is -1.08. The number of ether oxygens (including phenoxy) is 4. The number of amides is 1. The van der Waals surface area contributed by atoms with Gasteiger partial charge in [-0.15, -0.1) is 0 Å². The van der Waals surface area contributed by atoms with Crippen molar-refractivity contribution in [2.45, 2.75) is 59.0 Å². The first-order valence-electron chi connectivity index (χ1n) is 11.3. The Balaban J connectivity index is 2.09. The largest absolute Gasteiger partial charge is 0.493 e. The molecule has 0 spiro atoms. The number of hydrogen-bond donors (Lipinski definition) is 1. The number of carbonyl (C=O) groups is 3. The molecular weight excluding hydrogens is 497 g/mol. The third kappa shape index (κ3) is 8.09. The predicted molar refractivity (Wildman–Crippen MR) is 125 cm³/mol. The molecular formula is C25H29F3N2O7. The van der Waals surface area contributed by atoms with Crippen molar-refractivity contribution in [2.75, 3.05) is 7.11 Å². The lowest BCUT2D eigenvalue weighted by molar-refractivity contribution is -0.158. The first-order valence-corrected chi connectivity index (χ1v) is 11.3. The van der Waals surface area contributed by atoms with Gasteiger partial charge < -0.3 is 24.3 Å². The van der Waals surface area contributed by atoms with Crippen molar-refractivity contribution in [3.8, 4) is 17.2 Å². The molecule has 3 atom stereocenters. The van der Waals surface area contributed by atoms with Crippen LogP contribution in [0.4, 0.5) is 13.2 Å². The number of benzene rings is 1. The lowest BCUT2D eigenvalue weighted by Crippen LogP contribution is -2.45. The number of halogens is 3. The van der Waals surface area contributed by atoms with Crippen LogP contribution in [0.3, 0.4) is 0 Å². The average Bonchev–Trinajstić information content (AvgIpc) is 2.81. The van der Waals surface area contributed by atoms with Gasteiger partial charge in [0, 0.05) is 19.2 Å². The molecule has 0 aliphatic rings. The van der Waals surface area contributed by atoms with Gasteiger partial charge in [0.1, 0.15) is 24.0 Å². The number of rotatable bonds is 10. The number of carbonyl (C=O) groups excluding carboxylic acids is 3. The van der Waals surface area contributed by atoms with E-state index in [1.807, 2.05) is 0 Å². The second-order valence-electron chi connectivity index (χ2n) is 8.47. The van der Waals surface area contributed by atoms with Crippen LogP contribution in [0.2, 0.25) is 0 Å². The highest BCUT2D eigenvalue weighted by Gasteiger charge is 2.32. The molecule has 202 valence electrons. The van der Waals surface area contributed by atoms with Crippen molar-refractivity contribution in [1.82, 2.24) is 10.3 Å². The Hall–Kier alpha value is -3.83. The number of hydrogen-bond acceptors (Lipinski definition) is 8. The SMILES string of the molecule is COc1ccnc(C(=O)N[C@@H](C)C(=O)OC(C(C)C)[C@H](C)Oc2ccc(C(F)(F)F)cc2)c1OC(C)=O. The van der Waals surface area contributed by atoms with E-state index in [4.69, 9.17) is 18.9 Å². The maximum atomic E-state index is 12.8. The van der Waals surface area contributed by atoms with Gasteiger partial charge in [0.05, 0.1) is 12.7 Å². The maximum absolute atomic E-state index is 12.8. The monoisotopic (exact) mass is 526 g/mol. The van der Waals surface area contributed by atoms with E-state index < -0.39 is 47.8 Å². The highest BCUT2D eigenvalue weighted by atomic mass is 19.4. The fraction of sp³-hybridized carbons (Fsp3) is 0.440. The van der Waals surface area contributed by atoms with Crippen molar-refractivity contribution in [1.29, 1.82) is 0 Å². The lowest BCUT2D eigenvalue weighted by Gasteiger charge is -2.29. The van der Waals surface area contributed by atoms with E-state index in [1.54, 1.807) is 20.8 Å². The van der Waals surface area contributed by atoms with Crippen LogP contribution in [0.5, 0.6) is 17.2 Å². The molecule has 0 aliphatic carbocycles. The van der Waals surface area contributed by atoms with Gasteiger partial charge in [0.15, 0.2) is 11.4 Å². The Morgan fingerprint density at radius 1 is 1.00 bits per heavy atom. The van der Waals surface area contributed by atoms with Crippen LogP contribution >= 0.6 is 0 Å². The molecule has 1 aromatic carbocycles. The van der Waals surface area contributed by atoms with Gasteiger partial charge in [-0.1, -0.05) is 13.8 Å². The number of nitrogens with zero attached hydrogens (tertiary/aromatic N) is 1. The molecule has 1 N–H and O–H groups in total. The quantitative estimate of drug-likeness (QED) is 0.459. The summed E-state index contributed by atoms with van der Waals surface area (Å²) in [5, 5.41) is 2.44. The number of pyridine rings is 1. The molecule has 0 saturated heterocycles. The first-order chi connectivity index (χ1) is 17.2. The van der Waals surface area contributed by atoms with Crippen LogP contribution in [0.25, 0.3) is 0 Å². The summed E-state index contributed by atoms with van der Waals surface area (Å²) in [4.78, 5) is 40.9. The second-order valence-corrected chi connectivity index (χ2v) is 8.47. The van der Waals surface area contributed by atoms with E-state index in [9.17, 15) is 27.6 Å². The zero-order valence-electron chi connectivity index (χ0n) is 21.2. The van der Waals surface area contributed by atoms with Crippen LogP contribution in [-0.2, 0) is 20.5 Å². The standard InChI is InChI=1S/C25H29F3N2O7/c1-13(2)21(15(4)35-18-9-7-17(8-10-18)25(26,27)28)37-24(33)14(3)30-23(32)20-22(36-16(5)31)19(34-6)11-12-29-20/h7-15,21H,1-6H3,(H,30,32)/t14-,15-,21?/m0/s1. The summed E-state index contributed by atoms with van der Waals surface area (Å²) >= 11 is 0. The van der Waals surface area contributed by atoms with E-state index in [-0.39, 0.29) is 28.9 Å². The Morgan fingerprint density at radius 3 is 2.14 bits per heavy atom. The zero-order valence-corrected chi connectivity index (χ0v) is 21.2. The van der Waals surface area contributed by atoms with Gasteiger partial charge in [-0.3, -0.25) is 9.59 Å². The molecule has 1 amide bonds. The molecule has 1 heterocycles. The average molecular weight is 527 g/mol. The number of nitrogens with one attached hydrogen (secondary N) is 1. The molecule has 0 fully saturated rings. The summed E-state index contributed by atoms with van der Waals surface area (Å²) in [5.74, 6) is -2.46. The lowest BCUT2D eigenvalue weighted by atomic mass is 10.0. The molecule has 12 heteroatoms. The number of esters is 2. The Kier molecular flexibility index (Phi) is 9.87. The summed E-state index contributed by atoms with van der Waals surface area (Å²) in [7, 11) is 1.32. The third-order valence-electron chi connectivity index (χ3n) is 5.13. The van der Waals surface area contributed by atoms with Gasteiger partial charge in [-0.25, -0.2) is 9.78 Å². The smallest absolute Gasteiger partial charge is 0.416 e. The minimum atomic E-state index is -4.47. The molecule has 0 radical (unpaired) electrons. The molecule has 37 heavy (non-hydrogen) atoms. The van der Waals surface area contributed by atoms with Crippen LogP contribution in [0, 0.1) is 5.92 Å². The van der Waals surface area contributed by atoms with Crippen molar-refractivity contribution in [3.63, 3.8) is 0 Å². The fourth-order valence-corrected chi connectivity index (χ4v) is 3.33. The van der Waals surface area contributed by atoms with E-state index >= 15 is 0 Å². The van der Waals surface area contributed by atoms with Gasteiger partial charge in [0.25, 0.3) is 5.91 Å². The van der Waals surface area contributed by atoms with Gasteiger partial charge in [-0.2, -0.15) is 13.2 Å². The van der Waals surface area contributed by atoms with Crippen LogP contribution in [-0.4, -0.2) is 48.2 Å². The van der Waals surface area contributed by atoms with E-state index in [0.717, 1.165) is 19.1 Å². The summed E-state index contributed by atoms with van der Waals surface area (Å²) in [6.45, 7) is 7.71. The van der Waals surface area contributed by atoms with Gasteiger partial charge in [-0.05, 0) is 44.0 Å². The summed E-state index contributed by atoms with van der Waals surface area (Å²) in [6.07, 6.45) is -4.71. The Morgan fingerprint density at radius 2 is 1.62 bits per heavy atom. The van der Waals surface area contributed by atoms with Gasteiger partial charge in [0.2, 0.25) is 5.75 Å². The number of alkyl halides is 3. The van der Waals surface area contributed by atoms with Crippen molar-refractivity contribution in [2.24, 2.45) is 5.92 Å². The van der Waals surface area contributed by atoms with E-state index in [0.29, 0.717) is 0 Å². The molecule has 0 aliphatic heterocycles. The number of methoxy groups -OCH3 is 1. The fourth-order valence-electron chi connectivity index (χ4n) is 3.33. The van der Waals surface area contributed by atoms with Gasteiger partial charge >= 0.3 is 18.1 Å². The van der Waals surface area contributed by atoms with Crippen LogP contribution in [0.1, 0.15) is 50.7 Å². The first kappa shape index (κ1) is 29.4. The molecule has 0 bridgehead atoms. The maximum Gasteiger partial charge on any atom is 0.416 e. The topological polar surface area (TPSA) is 113 Å². The highest BCUT2D eigenvalue weighted by Crippen LogP contribution is 2.31. The summed E-state index contributed by atoms with van der Waals surface area (Å²) in [6, 6.07) is 4.43. The van der Waals surface area contributed by atoms with E-state index in [2.05, 4.69) is 10.3 Å². The predicted octanol–water partition coefficient (Wildman–Crippen LogP) is 4.19. The minimum absolute atomic E-state index is 0.0969. The highest BCUT2D eigenvalue weighted by molar-refractivity contribution is 5.98. The Labute approximate surface area is 212 Å². The second kappa shape index (κ2) is 12.4. The Bertz CT molecular complexity index is 1100. The molecule has 1 aromatic heterocycles. The van der Waals surface area contributed by atoms with Crippen LogP contribution in [0.15, 0.2) is 36.5 Å². The van der Waals surface area contributed by atoms with Crippen LogP contribution < -0.4 is 19.5 Å². The molecule has 0 saturated carbocycles. The van der Waals surface area contributed by atoms with E-state index in [1.165, 1.54) is 38.4 Å². The molecule has 2 rings (SSSR count). The molecule has 2 aromatic rings. The zero-order chi connectivity index (χ0) is 27.9.